The summed E-state index contributed by atoms with van der Waals surface area (Å²) in [5, 5.41) is 25.0. The van der Waals surface area contributed by atoms with E-state index in [2.05, 4.69) is 117 Å². The minimum Gasteiger partial charge on any atom is -0.465 e. The van der Waals surface area contributed by atoms with Crippen molar-refractivity contribution < 1.29 is 28.9 Å². The average molecular weight is 1060 g/mol. The molecule has 5 N–H and O–H groups in total. The lowest BCUT2D eigenvalue weighted by molar-refractivity contribution is -0.384. The first-order chi connectivity index (χ1) is 34.6. The molecule has 0 radical (unpaired) electrons. The molecule has 2 aromatic heterocycles. The smallest absolute Gasteiger partial charge is 0.353 e. The maximum Gasteiger partial charge on any atom is 0.353 e. The molecule has 2 fully saturated rings. The van der Waals surface area contributed by atoms with Gasteiger partial charge in [0.25, 0.3) is 0 Å². The molecule has 3 heterocycles. The number of carbonyl (C=O) groups excluding carboxylic acids is 2. The molecule has 0 unspecified atom stereocenters. The molecule has 396 valence electrons. The van der Waals surface area contributed by atoms with Crippen molar-refractivity contribution in [2.24, 2.45) is 5.92 Å². The van der Waals surface area contributed by atoms with Gasteiger partial charge in [-0.25, -0.2) is 19.9 Å². The van der Waals surface area contributed by atoms with Crippen molar-refractivity contribution in [2.75, 3.05) is 75.4 Å². The highest BCUT2D eigenvalue weighted by Crippen LogP contribution is 2.33. The number of hydrogen-bond donors (Lipinski definition) is 5. The lowest BCUT2D eigenvalue weighted by atomic mass is 9.97. The number of anilines is 3. The van der Waals surface area contributed by atoms with Crippen molar-refractivity contribution in [3.63, 3.8) is 0 Å². The van der Waals surface area contributed by atoms with Crippen molar-refractivity contribution >= 4 is 77.6 Å². The molecule has 0 amide bonds. The second kappa shape index (κ2) is 33.4. The van der Waals surface area contributed by atoms with Crippen LogP contribution in [0.3, 0.4) is 0 Å². The number of nitrogens with zero attached hydrogens (tertiary/aromatic N) is 9. The molecule has 1 saturated carbocycles. The summed E-state index contributed by atoms with van der Waals surface area (Å²) in [6.07, 6.45) is 8.71. The maximum absolute atomic E-state index is 12.3. The zero-order chi connectivity index (χ0) is 53.0. The van der Waals surface area contributed by atoms with Crippen LogP contribution in [0.15, 0.2) is 48.5 Å². The molecule has 1 aliphatic carbocycles. The fourth-order valence-electron chi connectivity index (χ4n) is 8.12. The van der Waals surface area contributed by atoms with Gasteiger partial charge in [-0.15, -0.1) is 0 Å². The molecule has 20 nitrogen and oxygen atoms in total. The van der Waals surface area contributed by atoms with Crippen LogP contribution in [0.2, 0.25) is 5.15 Å². The topological polar surface area (TPSA) is 264 Å². The number of nitrogen functional groups attached to an aromatic ring is 2. The highest BCUT2D eigenvalue weighted by molar-refractivity contribution is 7.79. The van der Waals surface area contributed by atoms with Crippen LogP contribution in [0.1, 0.15) is 107 Å². The Morgan fingerprint density at radius 3 is 1.83 bits per heavy atom. The van der Waals surface area contributed by atoms with Gasteiger partial charge in [0.15, 0.2) is 0 Å². The summed E-state index contributed by atoms with van der Waals surface area (Å²) < 4.78 is 9.98. The van der Waals surface area contributed by atoms with E-state index in [1.807, 2.05) is 19.1 Å². The van der Waals surface area contributed by atoms with E-state index >= 15 is 0 Å². The molecule has 2 aliphatic rings. The molecule has 1 aliphatic heterocycles. The Kier molecular flexibility index (Phi) is 28.2. The summed E-state index contributed by atoms with van der Waals surface area (Å²) in [5.41, 5.74) is 15.0. The Bertz CT molecular complexity index is 2290. The number of nitro groups is 2. The molecular weight excluding hydrogens is 984 g/mol. The monoisotopic (exact) mass is 1060 g/mol. The number of rotatable bonds is 22. The Morgan fingerprint density at radius 1 is 0.764 bits per heavy atom. The van der Waals surface area contributed by atoms with Crippen LogP contribution in [-0.4, -0.2) is 111 Å². The van der Waals surface area contributed by atoms with Gasteiger partial charge in [0.05, 0.1) is 41.1 Å². The van der Waals surface area contributed by atoms with E-state index in [0.29, 0.717) is 19.1 Å². The first kappa shape index (κ1) is 60.9. The lowest BCUT2D eigenvalue weighted by Crippen LogP contribution is -2.32. The van der Waals surface area contributed by atoms with Gasteiger partial charge < -0.3 is 36.1 Å². The number of halogens is 1. The minimum atomic E-state index is -0.722. The first-order valence-electron chi connectivity index (χ1n) is 24.5. The Morgan fingerprint density at radius 2 is 1.29 bits per heavy atom. The average Bonchev–Trinajstić information content (AvgIpc) is 4.07. The van der Waals surface area contributed by atoms with E-state index in [4.69, 9.17) is 32.5 Å². The molecule has 0 bridgehead atoms. The number of thiol groups is 2. The van der Waals surface area contributed by atoms with Crippen LogP contribution < -0.4 is 21.7 Å². The molecule has 0 atom stereocenters. The number of likely N-dealkylation sites (tertiary alicyclic amines) is 1. The summed E-state index contributed by atoms with van der Waals surface area (Å²) in [7, 11) is 0. The normalized spacial score (nSPS) is 13.2. The third-order valence-electron chi connectivity index (χ3n) is 11.6. The van der Waals surface area contributed by atoms with Gasteiger partial charge in [0.2, 0.25) is 22.6 Å². The molecule has 1 saturated heterocycles. The molecule has 4 aromatic rings. The second-order valence-corrected chi connectivity index (χ2v) is 17.8. The van der Waals surface area contributed by atoms with Crippen LogP contribution in [0, 0.1) is 26.1 Å². The third-order valence-corrected chi connectivity index (χ3v) is 12.5. The predicted molar refractivity (Wildman–Crippen MR) is 289 cm³/mol. The summed E-state index contributed by atoms with van der Waals surface area (Å²) in [5.74, 6) is 0.367. The van der Waals surface area contributed by atoms with E-state index in [1.165, 1.54) is 92.8 Å². The maximum atomic E-state index is 12.3. The van der Waals surface area contributed by atoms with Gasteiger partial charge in [0.1, 0.15) is 18.2 Å². The van der Waals surface area contributed by atoms with Crippen LogP contribution in [0.5, 0.6) is 0 Å². The second-order valence-electron chi connectivity index (χ2n) is 16.9. The summed E-state index contributed by atoms with van der Waals surface area (Å²) >= 11 is 13.6. The summed E-state index contributed by atoms with van der Waals surface area (Å²) in [6.45, 7) is 18.8. The number of benzene rings is 2. The molecular formula is C49H73ClN12O8S2. The number of nitrogens with two attached hydrogens (primary N) is 2. The highest BCUT2D eigenvalue weighted by atomic mass is 35.5. The van der Waals surface area contributed by atoms with Gasteiger partial charge in [-0.3, -0.25) is 34.7 Å². The minimum absolute atomic E-state index is 0.0131. The zero-order valence-corrected chi connectivity index (χ0v) is 44.8. The van der Waals surface area contributed by atoms with Gasteiger partial charge in [-0.1, -0.05) is 107 Å². The Labute approximate surface area is 439 Å². The van der Waals surface area contributed by atoms with Crippen molar-refractivity contribution in [3.05, 3.63) is 108 Å². The number of aromatic nitrogens is 4. The van der Waals surface area contributed by atoms with E-state index < -0.39 is 27.2 Å². The highest BCUT2D eigenvalue weighted by Gasteiger charge is 2.29. The SMILES string of the molecule is CCN(CC)CC.CCOC(=O)CN(Cc1cccc(CC2CCCC2)c1)c1nc(CS)nc(N)c1[N+](=O)[O-].CCOC(=O)CNCc1cccc(CN2CCCC2)c1.Nc1nc(CS)nc(Cl)c1[N+](=O)[O-]. The first-order valence-corrected chi connectivity index (χ1v) is 26.1. The largest absolute Gasteiger partial charge is 0.465 e. The third kappa shape index (κ3) is 21.4. The molecule has 23 heteroatoms. The van der Waals surface area contributed by atoms with Gasteiger partial charge in [-0.05, 0) is 94.0 Å². The molecule has 0 spiro atoms. The van der Waals surface area contributed by atoms with Crippen LogP contribution in [-0.2, 0) is 56.6 Å². The van der Waals surface area contributed by atoms with E-state index in [0.717, 1.165) is 18.5 Å². The number of carbonyl (C=O) groups is 2. The van der Waals surface area contributed by atoms with Crippen LogP contribution in [0.25, 0.3) is 0 Å². The number of ether oxygens (including phenoxy) is 2. The summed E-state index contributed by atoms with van der Waals surface area (Å²) in [4.78, 5) is 66.2. The predicted octanol–water partition coefficient (Wildman–Crippen LogP) is 8.03. The molecule has 2 aromatic carbocycles. The Hall–Kier alpha value is -5.39. The van der Waals surface area contributed by atoms with E-state index in [1.54, 1.807) is 6.92 Å². The van der Waals surface area contributed by atoms with E-state index in [-0.39, 0.29) is 78.0 Å². The van der Waals surface area contributed by atoms with E-state index in [9.17, 15) is 29.8 Å². The van der Waals surface area contributed by atoms with Crippen LogP contribution >= 0.6 is 36.9 Å². The quantitative estimate of drug-likeness (QED) is 0.0164. The van der Waals surface area contributed by atoms with Gasteiger partial charge in [0, 0.05) is 19.6 Å². The standard InChI is InChI=1S/C22H29N5O4S.C16H24N2O2.C6H15N.C5H5ClN4O2S/c1-2-31-19(28)13-26(22-20(27(29)30)21(23)24-18(14-32)25-22)12-17-9-5-8-16(11-17)10-15-6-3-4-7-15;1-2-20-16(19)12-17-11-14-6-5-7-15(10-14)13-18-8-3-4-9-18;1-4-7(5-2)6-3;6-4-3(10(11)12)5(7)9-2(1-13)8-4/h5,8-9,11,15,32H,2-4,6-7,10,12-14H2,1H3,(H2,23,24,25);5-7,10,17H,2-4,8-9,11-13H2,1H3;4-6H2,1-3H3;13H,1H2,(H2,7,8,9). The van der Waals surface area contributed by atoms with Crippen molar-refractivity contribution in [2.45, 2.75) is 111 Å². The van der Waals surface area contributed by atoms with Crippen molar-refractivity contribution in [1.29, 1.82) is 0 Å². The fraction of sp³-hybridized carbons (Fsp3) is 0.551. The fourth-order valence-corrected chi connectivity index (χ4v) is 8.67. The molecule has 72 heavy (non-hydrogen) atoms. The van der Waals surface area contributed by atoms with Crippen molar-refractivity contribution in [1.82, 2.24) is 35.1 Å². The molecule has 6 rings (SSSR count). The van der Waals surface area contributed by atoms with Gasteiger partial charge >= 0.3 is 23.3 Å². The Balaban J connectivity index is 0.000000290. The van der Waals surface area contributed by atoms with Crippen molar-refractivity contribution in [3.8, 4) is 0 Å². The van der Waals surface area contributed by atoms with Crippen LogP contribution in [0.4, 0.5) is 28.8 Å². The number of esters is 2. The lowest BCUT2D eigenvalue weighted by Gasteiger charge is -2.23. The zero-order valence-electron chi connectivity index (χ0n) is 42.3. The summed E-state index contributed by atoms with van der Waals surface area (Å²) in [6, 6.07) is 16.7. The van der Waals surface area contributed by atoms with Gasteiger partial charge in [-0.2, -0.15) is 25.3 Å². The number of nitrogens with one attached hydrogen (secondary N) is 1. The number of hydrogen-bond acceptors (Lipinski definition) is 20.